The van der Waals surface area contributed by atoms with Gasteiger partial charge in [0, 0.05) is 23.1 Å². The van der Waals surface area contributed by atoms with E-state index in [1.54, 1.807) is 6.20 Å². The summed E-state index contributed by atoms with van der Waals surface area (Å²) in [5.41, 5.74) is 0.507. The monoisotopic (exact) mass is 243 g/mol. The molecule has 0 N–H and O–H groups in total. The molecule has 2 rings (SSSR count). The predicted molar refractivity (Wildman–Crippen MR) is 71.7 cm³/mol. The van der Waals surface area contributed by atoms with Crippen LogP contribution in [0.2, 0.25) is 0 Å². The maximum Gasteiger partial charge on any atom is 0.175 e. The second kappa shape index (κ2) is 4.77. The number of carbonyl (C=O) groups is 1. The lowest BCUT2D eigenvalue weighted by Crippen LogP contribution is -2.26. The van der Waals surface area contributed by atoms with Crippen molar-refractivity contribution in [3.05, 3.63) is 36.5 Å². The number of ether oxygens (including phenoxy) is 1. The molecule has 3 nitrogen and oxygen atoms in total. The van der Waals surface area contributed by atoms with Gasteiger partial charge >= 0.3 is 0 Å². The van der Waals surface area contributed by atoms with Crippen LogP contribution in [0.3, 0.4) is 0 Å². The fourth-order valence-electron chi connectivity index (χ4n) is 1.50. The van der Waals surface area contributed by atoms with E-state index in [1.807, 2.05) is 51.1 Å². The molecule has 0 bridgehead atoms. The van der Waals surface area contributed by atoms with Crippen LogP contribution in [0.4, 0.5) is 0 Å². The van der Waals surface area contributed by atoms with Gasteiger partial charge in [0.1, 0.15) is 12.4 Å². The number of fused-ring (bicyclic) bond motifs is 1. The Bertz CT molecular complexity index is 570. The molecule has 0 unspecified atom stereocenters. The first-order valence-electron chi connectivity index (χ1n) is 5.98. The third kappa shape index (κ3) is 2.86. The lowest BCUT2D eigenvalue weighted by Gasteiger charge is -2.16. The van der Waals surface area contributed by atoms with Gasteiger partial charge in [0.2, 0.25) is 0 Å². The summed E-state index contributed by atoms with van der Waals surface area (Å²) in [4.78, 5) is 16.0. The summed E-state index contributed by atoms with van der Waals surface area (Å²) >= 11 is 0. The SMILES string of the molecule is CC(C)(C)C(=O)COc1ccc2cccnc2c1. The van der Waals surface area contributed by atoms with Crippen LogP contribution in [0.15, 0.2) is 36.5 Å². The van der Waals surface area contributed by atoms with E-state index in [9.17, 15) is 4.79 Å². The summed E-state index contributed by atoms with van der Waals surface area (Å²) in [6, 6.07) is 9.54. The Morgan fingerprint density at radius 2 is 2.06 bits per heavy atom. The van der Waals surface area contributed by atoms with Gasteiger partial charge in [-0.2, -0.15) is 0 Å². The highest BCUT2D eigenvalue weighted by Crippen LogP contribution is 2.20. The molecule has 0 fully saturated rings. The highest BCUT2D eigenvalue weighted by Gasteiger charge is 2.21. The lowest BCUT2D eigenvalue weighted by molar-refractivity contribution is -0.128. The van der Waals surface area contributed by atoms with Crippen molar-refractivity contribution in [3.63, 3.8) is 0 Å². The predicted octanol–water partition coefficient (Wildman–Crippen LogP) is 3.23. The van der Waals surface area contributed by atoms with Crippen molar-refractivity contribution in [2.45, 2.75) is 20.8 Å². The number of aromatic nitrogens is 1. The largest absolute Gasteiger partial charge is 0.486 e. The first-order valence-corrected chi connectivity index (χ1v) is 5.98. The molecule has 3 heteroatoms. The van der Waals surface area contributed by atoms with E-state index in [4.69, 9.17) is 4.74 Å². The average molecular weight is 243 g/mol. The minimum Gasteiger partial charge on any atom is -0.486 e. The molecule has 0 amide bonds. The van der Waals surface area contributed by atoms with Crippen molar-refractivity contribution in [3.8, 4) is 5.75 Å². The molecule has 1 heterocycles. The zero-order chi connectivity index (χ0) is 13.2. The minimum absolute atomic E-state index is 0.0867. The van der Waals surface area contributed by atoms with Crippen molar-refractivity contribution in [2.24, 2.45) is 5.41 Å². The van der Waals surface area contributed by atoms with Crippen LogP contribution in [0.25, 0.3) is 10.9 Å². The molecular formula is C15H17NO2. The molecular weight excluding hydrogens is 226 g/mol. The van der Waals surface area contributed by atoms with Gasteiger partial charge in [-0.1, -0.05) is 26.8 Å². The summed E-state index contributed by atoms with van der Waals surface area (Å²) in [5.74, 6) is 0.766. The van der Waals surface area contributed by atoms with Crippen molar-refractivity contribution >= 4 is 16.7 Å². The molecule has 0 aliphatic heterocycles. The second-order valence-electron chi connectivity index (χ2n) is 5.32. The van der Waals surface area contributed by atoms with Crippen LogP contribution >= 0.6 is 0 Å². The maximum absolute atomic E-state index is 11.8. The molecule has 2 aromatic rings. The van der Waals surface area contributed by atoms with Crippen LogP contribution in [-0.2, 0) is 4.79 Å². The Balaban J connectivity index is 2.11. The van der Waals surface area contributed by atoms with E-state index in [0.29, 0.717) is 5.75 Å². The molecule has 18 heavy (non-hydrogen) atoms. The molecule has 0 saturated heterocycles. The van der Waals surface area contributed by atoms with E-state index < -0.39 is 0 Å². The number of hydrogen-bond donors (Lipinski definition) is 0. The molecule has 0 aliphatic carbocycles. The average Bonchev–Trinajstić information content (AvgIpc) is 2.34. The number of benzene rings is 1. The number of hydrogen-bond acceptors (Lipinski definition) is 3. The van der Waals surface area contributed by atoms with Crippen molar-refractivity contribution in [2.75, 3.05) is 6.61 Å². The highest BCUT2D eigenvalue weighted by molar-refractivity contribution is 5.85. The third-order valence-electron chi connectivity index (χ3n) is 2.78. The van der Waals surface area contributed by atoms with Crippen molar-refractivity contribution in [1.29, 1.82) is 0 Å². The van der Waals surface area contributed by atoms with Crippen LogP contribution < -0.4 is 4.74 Å². The zero-order valence-electron chi connectivity index (χ0n) is 10.9. The number of pyridine rings is 1. The first kappa shape index (κ1) is 12.6. The fraction of sp³-hybridized carbons (Fsp3) is 0.333. The number of Topliss-reactive ketones (excluding diaryl/α,β-unsaturated/α-hetero) is 1. The van der Waals surface area contributed by atoms with Crippen LogP contribution in [0.5, 0.6) is 5.75 Å². The Kier molecular flexibility index (Phi) is 3.32. The molecule has 1 aromatic carbocycles. The Hall–Kier alpha value is -1.90. The summed E-state index contributed by atoms with van der Waals surface area (Å²) in [5, 5.41) is 1.06. The Morgan fingerprint density at radius 3 is 2.78 bits per heavy atom. The third-order valence-corrected chi connectivity index (χ3v) is 2.78. The van der Waals surface area contributed by atoms with Crippen LogP contribution in [0.1, 0.15) is 20.8 Å². The van der Waals surface area contributed by atoms with Gasteiger partial charge in [-0.05, 0) is 18.2 Å². The van der Waals surface area contributed by atoms with Crippen LogP contribution in [-0.4, -0.2) is 17.4 Å². The number of carbonyl (C=O) groups excluding carboxylic acids is 1. The fourth-order valence-corrected chi connectivity index (χ4v) is 1.50. The highest BCUT2D eigenvalue weighted by atomic mass is 16.5. The topological polar surface area (TPSA) is 39.2 Å². The van der Waals surface area contributed by atoms with Gasteiger partial charge in [-0.25, -0.2) is 0 Å². The molecule has 0 aliphatic rings. The normalized spacial score (nSPS) is 11.5. The van der Waals surface area contributed by atoms with Crippen molar-refractivity contribution < 1.29 is 9.53 Å². The zero-order valence-corrected chi connectivity index (χ0v) is 10.9. The maximum atomic E-state index is 11.8. The first-order chi connectivity index (χ1) is 8.47. The van der Waals surface area contributed by atoms with E-state index in [0.717, 1.165) is 10.9 Å². The van der Waals surface area contributed by atoms with Gasteiger partial charge in [-0.15, -0.1) is 0 Å². The number of rotatable bonds is 3. The van der Waals surface area contributed by atoms with Gasteiger partial charge in [0.15, 0.2) is 5.78 Å². The number of ketones is 1. The lowest BCUT2D eigenvalue weighted by atomic mass is 9.91. The second-order valence-corrected chi connectivity index (χ2v) is 5.32. The smallest absolute Gasteiger partial charge is 0.175 e. The molecule has 1 aromatic heterocycles. The molecule has 0 atom stereocenters. The van der Waals surface area contributed by atoms with E-state index in [-0.39, 0.29) is 17.8 Å². The number of nitrogens with zero attached hydrogens (tertiary/aromatic N) is 1. The van der Waals surface area contributed by atoms with E-state index in [1.165, 1.54) is 0 Å². The molecule has 0 spiro atoms. The summed E-state index contributed by atoms with van der Waals surface area (Å²) in [6.07, 6.45) is 1.74. The van der Waals surface area contributed by atoms with Gasteiger partial charge in [0.05, 0.1) is 5.52 Å². The molecule has 94 valence electrons. The van der Waals surface area contributed by atoms with E-state index >= 15 is 0 Å². The van der Waals surface area contributed by atoms with Crippen LogP contribution in [0, 0.1) is 5.41 Å². The summed E-state index contributed by atoms with van der Waals surface area (Å²) in [7, 11) is 0. The van der Waals surface area contributed by atoms with Gasteiger partial charge < -0.3 is 4.74 Å². The quantitative estimate of drug-likeness (QED) is 0.830. The Labute approximate surface area is 107 Å². The molecule has 0 saturated carbocycles. The van der Waals surface area contributed by atoms with Gasteiger partial charge in [0.25, 0.3) is 0 Å². The Morgan fingerprint density at radius 1 is 1.28 bits per heavy atom. The summed E-state index contributed by atoms with van der Waals surface area (Å²) < 4.78 is 5.51. The van der Waals surface area contributed by atoms with E-state index in [2.05, 4.69) is 4.98 Å². The summed E-state index contributed by atoms with van der Waals surface area (Å²) in [6.45, 7) is 5.77. The molecule has 0 radical (unpaired) electrons. The minimum atomic E-state index is -0.366. The van der Waals surface area contributed by atoms with Crippen molar-refractivity contribution in [1.82, 2.24) is 4.98 Å². The standard InChI is InChI=1S/C15H17NO2/c1-15(2,3)14(17)10-18-12-7-6-11-5-4-8-16-13(11)9-12/h4-9H,10H2,1-3H3. The van der Waals surface area contributed by atoms with Gasteiger partial charge in [-0.3, -0.25) is 9.78 Å².